The van der Waals surface area contributed by atoms with E-state index in [1.807, 2.05) is 26.0 Å². The van der Waals surface area contributed by atoms with E-state index in [1.54, 1.807) is 0 Å². The fraction of sp³-hybridized carbons (Fsp3) is 0.312. The van der Waals surface area contributed by atoms with Crippen LogP contribution in [0.4, 0.5) is 0 Å². The topological polar surface area (TPSA) is 18.5 Å². The van der Waals surface area contributed by atoms with Gasteiger partial charge >= 0.3 is 7.12 Å². The molecule has 0 bridgehead atoms. The molecule has 0 atom stereocenters. The van der Waals surface area contributed by atoms with E-state index >= 15 is 0 Å². The molecule has 0 radical (unpaired) electrons. The van der Waals surface area contributed by atoms with Gasteiger partial charge in [0, 0.05) is 0 Å². The Balaban J connectivity index is 0.00000167. The van der Waals surface area contributed by atoms with Gasteiger partial charge in [0.2, 0.25) is 0 Å². The largest absolute Gasteiger partial charge is 0.496 e. The quantitative estimate of drug-likeness (QED) is 0.398. The van der Waals surface area contributed by atoms with Crippen LogP contribution in [0.5, 0.6) is 0 Å². The van der Waals surface area contributed by atoms with Crippen LogP contribution in [0.15, 0.2) is 55.6 Å². The molecule has 1 aliphatic heterocycles. The van der Waals surface area contributed by atoms with Gasteiger partial charge in [-0.3, -0.25) is 0 Å². The Morgan fingerprint density at radius 2 is 1.31 bits per heavy atom. The van der Waals surface area contributed by atoms with Crippen LogP contribution in [0.25, 0.3) is 46.2 Å². The summed E-state index contributed by atoms with van der Waals surface area (Å²) in [6.07, 6.45) is 8.19. The lowest BCUT2D eigenvalue weighted by molar-refractivity contribution is 0.00578. The third-order valence-electron chi connectivity index (χ3n) is 7.24. The predicted octanol–water partition coefficient (Wildman–Crippen LogP) is 6.72. The van der Waals surface area contributed by atoms with E-state index in [-0.39, 0.29) is 0 Å². The molecule has 3 heteroatoms. The first kappa shape index (κ1) is 26.7. The molecule has 0 N–H and O–H groups in total. The smallest absolute Gasteiger partial charge is 0.399 e. The number of benzene rings is 3. The van der Waals surface area contributed by atoms with E-state index in [0.29, 0.717) is 0 Å². The van der Waals surface area contributed by atoms with Crippen molar-refractivity contribution < 1.29 is 9.31 Å². The van der Waals surface area contributed by atoms with Crippen LogP contribution in [-0.4, -0.2) is 18.3 Å². The van der Waals surface area contributed by atoms with Crippen molar-refractivity contribution in [1.82, 2.24) is 0 Å². The minimum Gasteiger partial charge on any atom is -0.399 e. The molecule has 0 amide bonds. The van der Waals surface area contributed by atoms with Gasteiger partial charge in [-0.2, -0.15) is 0 Å². The Bertz CT molecular complexity index is 1360. The first-order valence-electron chi connectivity index (χ1n) is 12.6. The molecule has 0 saturated carbocycles. The maximum atomic E-state index is 6.51. The molecule has 0 spiro atoms. The minimum atomic E-state index is -0.492. The third-order valence-corrected chi connectivity index (χ3v) is 7.24. The highest BCUT2D eigenvalue weighted by atomic mass is 16.7. The zero-order valence-corrected chi connectivity index (χ0v) is 22.7. The van der Waals surface area contributed by atoms with Gasteiger partial charge in [0.15, 0.2) is 0 Å². The fourth-order valence-electron chi connectivity index (χ4n) is 4.82. The molecule has 1 fully saturated rings. The second-order valence-electron chi connectivity index (χ2n) is 9.54. The Hall–Kier alpha value is -2.88. The van der Waals surface area contributed by atoms with E-state index in [2.05, 4.69) is 109 Å². The van der Waals surface area contributed by atoms with Gasteiger partial charge in [0.25, 0.3) is 0 Å². The standard InChI is InChI=1S/C30H33BO2.C2H6/c1-9-20-16-15-19-24(21(20)10-2)27-22(11-3)23(12-4)28(26-18-14-13-17-25(26)27)31-32-29(5,6)30(7,8)33-31;1-2/h9-19H,3-4H2,1-2,5-8H3;1-2H3/b20-9-,21-10+;. The van der Waals surface area contributed by atoms with Crippen LogP contribution in [0.3, 0.4) is 0 Å². The van der Waals surface area contributed by atoms with Crippen molar-refractivity contribution in [2.45, 2.75) is 66.6 Å². The molecule has 3 aromatic rings. The Morgan fingerprint density at radius 3 is 1.83 bits per heavy atom. The number of hydrogen-bond donors (Lipinski definition) is 0. The molecule has 182 valence electrons. The summed E-state index contributed by atoms with van der Waals surface area (Å²) in [5.41, 5.74) is 4.54. The number of rotatable bonds is 4. The van der Waals surface area contributed by atoms with Crippen molar-refractivity contribution in [3.05, 3.63) is 77.2 Å². The molecule has 1 aliphatic rings. The van der Waals surface area contributed by atoms with Crippen molar-refractivity contribution in [2.75, 3.05) is 0 Å². The second kappa shape index (κ2) is 10.4. The first-order valence-corrected chi connectivity index (χ1v) is 12.6. The summed E-state index contributed by atoms with van der Waals surface area (Å²) >= 11 is 0. The Labute approximate surface area is 211 Å². The summed E-state index contributed by atoms with van der Waals surface area (Å²) in [6.45, 7) is 24.9. The van der Waals surface area contributed by atoms with E-state index in [4.69, 9.17) is 9.31 Å². The minimum absolute atomic E-state index is 0.431. The molecule has 0 aromatic heterocycles. The summed E-state index contributed by atoms with van der Waals surface area (Å²) in [5.74, 6) is 0. The number of hydrogen-bond acceptors (Lipinski definition) is 2. The maximum Gasteiger partial charge on any atom is 0.496 e. The van der Waals surface area contributed by atoms with Gasteiger partial charge in [0.05, 0.1) is 11.2 Å². The van der Waals surface area contributed by atoms with Gasteiger partial charge in [-0.15, -0.1) is 0 Å². The van der Waals surface area contributed by atoms with Gasteiger partial charge in [0.1, 0.15) is 0 Å². The zero-order valence-electron chi connectivity index (χ0n) is 22.7. The summed E-state index contributed by atoms with van der Waals surface area (Å²) in [6, 6.07) is 15.0. The third kappa shape index (κ3) is 4.44. The monoisotopic (exact) mass is 466 g/mol. The summed E-state index contributed by atoms with van der Waals surface area (Å²) in [4.78, 5) is 0. The van der Waals surface area contributed by atoms with Gasteiger partial charge in [-0.1, -0.05) is 93.8 Å². The molecule has 2 nitrogen and oxygen atoms in total. The molecule has 4 rings (SSSR count). The SMILES string of the molecule is C=Cc1c(C=C)c(-c2cccc(=C/C)/c2=C\C)c2ccccc2c1B1OC(C)(C)C(C)(C)O1.CC. The van der Waals surface area contributed by atoms with E-state index in [0.717, 1.165) is 32.9 Å². The molecular formula is C32H39BO2. The normalized spacial score (nSPS) is 17.3. The molecule has 0 unspecified atom stereocenters. The molecule has 3 aromatic carbocycles. The lowest BCUT2D eigenvalue weighted by atomic mass is 9.70. The Morgan fingerprint density at radius 1 is 0.743 bits per heavy atom. The van der Waals surface area contributed by atoms with Crippen LogP contribution in [0, 0.1) is 0 Å². The highest BCUT2D eigenvalue weighted by Crippen LogP contribution is 2.40. The Kier molecular flexibility index (Phi) is 7.94. The van der Waals surface area contributed by atoms with E-state index in [1.165, 1.54) is 16.0 Å². The summed E-state index contributed by atoms with van der Waals surface area (Å²) in [5, 5.41) is 4.69. The first-order chi connectivity index (χ1) is 16.7. The summed E-state index contributed by atoms with van der Waals surface area (Å²) in [7, 11) is -0.492. The number of fused-ring (bicyclic) bond motifs is 1. The van der Waals surface area contributed by atoms with Crippen LogP contribution in [-0.2, 0) is 9.31 Å². The second-order valence-corrected chi connectivity index (χ2v) is 9.54. The van der Waals surface area contributed by atoms with Gasteiger partial charge in [-0.25, -0.2) is 0 Å². The van der Waals surface area contributed by atoms with Crippen molar-refractivity contribution in [3.8, 4) is 11.1 Å². The molecular weight excluding hydrogens is 427 g/mol. The van der Waals surface area contributed by atoms with E-state index in [9.17, 15) is 0 Å². The van der Waals surface area contributed by atoms with Crippen LogP contribution in [0.1, 0.15) is 66.5 Å². The van der Waals surface area contributed by atoms with Crippen molar-refractivity contribution in [1.29, 1.82) is 0 Å². The van der Waals surface area contributed by atoms with Crippen LogP contribution < -0.4 is 15.9 Å². The van der Waals surface area contributed by atoms with Crippen molar-refractivity contribution in [2.24, 2.45) is 0 Å². The zero-order chi connectivity index (χ0) is 26.0. The molecule has 1 saturated heterocycles. The van der Waals surface area contributed by atoms with E-state index < -0.39 is 18.3 Å². The summed E-state index contributed by atoms with van der Waals surface area (Å²) < 4.78 is 13.0. The van der Waals surface area contributed by atoms with Gasteiger partial charge < -0.3 is 9.31 Å². The van der Waals surface area contributed by atoms with Crippen molar-refractivity contribution in [3.63, 3.8) is 0 Å². The highest BCUT2D eigenvalue weighted by Gasteiger charge is 2.52. The average molecular weight is 466 g/mol. The van der Waals surface area contributed by atoms with Crippen molar-refractivity contribution >= 4 is 47.7 Å². The molecule has 35 heavy (non-hydrogen) atoms. The highest BCUT2D eigenvalue weighted by molar-refractivity contribution is 6.66. The fourth-order valence-corrected chi connectivity index (χ4v) is 4.82. The average Bonchev–Trinajstić information content (AvgIpc) is 3.08. The predicted molar refractivity (Wildman–Crippen MR) is 156 cm³/mol. The maximum absolute atomic E-state index is 6.51. The van der Waals surface area contributed by atoms with Crippen LogP contribution in [0.2, 0.25) is 0 Å². The molecule has 1 heterocycles. The lowest BCUT2D eigenvalue weighted by Gasteiger charge is -2.32. The lowest BCUT2D eigenvalue weighted by Crippen LogP contribution is -2.41. The van der Waals surface area contributed by atoms with Gasteiger partial charge in [-0.05, 0) is 90.5 Å². The van der Waals surface area contributed by atoms with Crippen LogP contribution >= 0.6 is 0 Å². The molecule has 0 aliphatic carbocycles.